The highest BCUT2D eigenvalue weighted by atomic mass is 16.5. The van der Waals surface area contributed by atoms with Crippen LogP contribution in [0.4, 0.5) is 5.69 Å². The van der Waals surface area contributed by atoms with Crippen LogP contribution < -0.4 is 10.1 Å². The van der Waals surface area contributed by atoms with Crippen LogP contribution in [-0.4, -0.2) is 29.2 Å². The SMILES string of the molecule is COc1ccc(C(=O)O)c(NC(=O)/C=C/c2ccc(O)cc2)c1. The number of carbonyl (C=O) groups excluding carboxylic acids is 1. The van der Waals surface area contributed by atoms with Crippen molar-refractivity contribution >= 4 is 23.6 Å². The Morgan fingerprint density at radius 2 is 1.83 bits per heavy atom. The number of phenolic OH excluding ortho intramolecular Hbond substituents is 1. The molecule has 118 valence electrons. The number of amides is 1. The second kappa shape index (κ2) is 7.13. The van der Waals surface area contributed by atoms with Crippen molar-refractivity contribution in [3.63, 3.8) is 0 Å². The summed E-state index contributed by atoms with van der Waals surface area (Å²) in [6.07, 6.45) is 2.83. The molecule has 0 heterocycles. The van der Waals surface area contributed by atoms with Gasteiger partial charge >= 0.3 is 5.97 Å². The number of anilines is 1. The summed E-state index contributed by atoms with van der Waals surface area (Å²) in [4.78, 5) is 23.1. The maximum atomic E-state index is 11.9. The van der Waals surface area contributed by atoms with E-state index >= 15 is 0 Å². The van der Waals surface area contributed by atoms with E-state index in [0.29, 0.717) is 5.75 Å². The van der Waals surface area contributed by atoms with E-state index < -0.39 is 11.9 Å². The van der Waals surface area contributed by atoms with Crippen LogP contribution in [0.2, 0.25) is 0 Å². The lowest BCUT2D eigenvalue weighted by Gasteiger charge is -2.08. The van der Waals surface area contributed by atoms with Crippen molar-refractivity contribution in [1.29, 1.82) is 0 Å². The molecule has 0 bridgehead atoms. The van der Waals surface area contributed by atoms with Crippen LogP contribution in [0.3, 0.4) is 0 Å². The number of methoxy groups -OCH3 is 1. The fourth-order valence-electron chi connectivity index (χ4n) is 1.87. The molecule has 0 aliphatic heterocycles. The molecule has 0 saturated heterocycles. The zero-order valence-electron chi connectivity index (χ0n) is 12.3. The van der Waals surface area contributed by atoms with Gasteiger partial charge < -0.3 is 20.3 Å². The molecule has 0 saturated carbocycles. The predicted molar refractivity (Wildman–Crippen MR) is 85.7 cm³/mol. The zero-order valence-corrected chi connectivity index (χ0v) is 12.3. The molecule has 0 aliphatic carbocycles. The fraction of sp³-hybridized carbons (Fsp3) is 0.0588. The standard InChI is InChI=1S/C17H15NO5/c1-23-13-7-8-14(17(21)22)15(10-13)18-16(20)9-4-11-2-5-12(19)6-3-11/h2-10,19H,1H3,(H,18,20)(H,21,22)/b9-4+. The highest BCUT2D eigenvalue weighted by Crippen LogP contribution is 2.22. The van der Waals surface area contributed by atoms with Crippen LogP contribution in [0, 0.1) is 0 Å². The number of hydrogen-bond donors (Lipinski definition) is 3. The molecular formula is C17H15NO5. The van der Waals surface area contributed by atoms with E-state index in [-0.39, 0.29) is 17.0 Å². The van der Waals surface area contributed by atoms with Gasteiger partial charge in [0.05, 0.1) is 18.4 Å². The fourth-order valence-corrected chi connectivity index (χ4v) is 1.87. The first-order valence-electron chi connectivity index (χ1n) is 6.69. The molecule has 2 rings (SSSR count). The summed E-state index contributed by atoms with van der Waals surface area (Å²) in [5, 5.41) is 20.8. The van der Waals surface area contributed by atoms with E-state index in [1.165, 1.54) is 43.5 Å². The summed E-state index contributed by atoms with van der Waals surface area (Å²) >= 11 is 0. The Kier molecular flexibility index (Phi) is 4.99. The van der Waals surface area contributed by atoms with Crippen molar-refractivity contribution in [3.05, 3.63) is 59.7 Å². The lowest BCUT2D eigenvalue weighted by molar-refractivity contribution is -0.111. The number of ether oxygens (including phenoxy) is 1. The highest BCUT2D eigenvalue weighted by Gasteiger charge is 2.12. The first-order chi connectivity index (χ1) is 11.0. The molecule has 0 atom stereocenters. The van der Waals surface area contributed by atoms with Crippen molar-refractivity contribution in [2.24, 2.45) is 0 Å². The maximum absolute atomic E-state index is 11.9. The molecule has 0 fully saturated rings. The predicted octanol–water partition coefficient (Wildman–Crippen LogP) is 2.75. The lowest BCUT2D eigenvalue weighted by Crippen LogP contribution is -2.12. The number of phenols is 1. The summed E-state index contributed by atoms with van der Waals surface area (Å²) in [5.74, 6) is -1.05. The minimum Gasteiger partial charge on any atom is -0.508 e. The van der Waals surface area contributed by atoms with E-state index in [4.69, 9.17) is 9.84 Å². The number of benzene rings is 2. The quantitative estimate of drug-likeness (QED) is 0.738. The Balaban J connectivity index is 2.16. The first-order valence-corrected chi connectivity index (χ1v) is 6.69. The second-order valence-corrected chi connectivity index (χ2v) is 4.63. The molecule has 0 radical (unpaired) electrons. The number of nitrogens with one attached hydrogen (secondary N) is 1. The molecule has 6 nitrogen and oxygen atoms in total. The minimum absolute atomic E-state index is 0.0304. The van der Waals surface area contributed by atoms with Gasteiger partial charge in [0, 0.05) is 12.1 Å². The summed E-state index contributed by atoms with van der Waals surface area (Å²) in [7, 11) is 1.45. The van der Waals surface area contributed by atoms with Crippen molar-refractivity contribution in [3.8, 4) is 11.5 Å². The third-order valence-corrected chi connectivity index (χ3v) is 3.04. The third kappa shape index (κ3) is 4.34. The van der Waals surface area contributed by atoms with Crippen molar-refractivity contribution in [1.82, 2.24) is 0 Å². The van der Waals surface area contributed by atoms with Gasteiger partial charge in [-0.25, -0.2) is 4.79 Å². The van der Waals surface area contributed by atoms with Crippen LogP contribution in [-0.2, 0) is 4.79 Å². The third-order valence-electron chi connectivity index (χ3n) is 3.04. The van der Waals surface area contributed by atoms with E-state index in [1.54, 1.807) is 18.2 Å². The van der Waals surface area contributed by atoms with Crippen molar-refractivity contribution in [2.75, 3.05) is 12.4 Å². The molecule has 2 aromatic rings. The molecule has 3 N–H and O–H groups in total. The number of aromatic hydroxyl groups is 1. The Bertz CT molecular complexity index is 750. The number of hydrogen-bond acceptors (Lipinski definition) is 4. The summed E-state index contributed by atoms with van der Waals surface area (Å²) in [6, 6.07) is 10.6. The van der Waals surface area contributed by atoms with E-state index in [0.717, 1.165) is 5.56 Å². The summed E-state index contributed by atoms with van der Waals surface area (Å²) < 4.78 is 5.03. The number of rotatable bonds is 5. The van der Waals surface area contributed by atoms with Gasteiger partial charge in [0.2, 0.25) is 5.91 Å². The Labute approximate surface area is 132 Å². The molecule has 1 amide bonds. The number of carboxylic acid groups (broad SMARTS) is 1. The number of carbonyl (C=O) groups is 2. The normalized spacial score (nSPS) is 10.5. The largest absolute Gasteiger partial charge is 0.508 e. The topological polar surface area (TPSA) is 95.9 Å². The maximum Gasteiger partial charge on any atom is 0.337 e. The van der Waals surface area contributed by atoms with Gasteiger partial charge in [-0.1, -0.05) is 12.1 Å². The van der Waals surface area contributed by atoms with Crippen LogP contribution in [0.25, 0.3) is 6.08 Å². The number of aromatic carboxylic acids is 1. The molecule has 0 aromatic heterocycles. The monoisotopic (exact) mass is 313 g/mol. The van der Waals surface area contributed by atoms with Crippen LogP contribution in [0.5, 0.6) is 11.5 Å². The highest BCUT2D eigenvalue weighted by molar-refractivity contribution is 6.06. The molecule has 2 aromatic carbocycles. The molecule has 0 aliphatic rings. The van der Waals surface area contributed by atoms with Gasteiger partial charge in [-0.05, 0) is 35.9 Å². The van der Waals surface area contributed by atoms with E-state index in [2.05, 4.69) is 5.32 Å². The van der Waals surface area contributed by atoms with E-state index in [1.807, 2.05) is 0 Å². The number of carboxylic acids is 1. The Hall–Kier alpha value is -3.28. The smallest absolute Gasteiger partial charge is 0.337 e. The van der Waals surface area contributed by atoms with Gasteiger partial charge in [-0.2, -0.15) is 0 Å². The van der Waals surface area contributed by atoms with Crippen molar-refractivity contribution in [2.45, 2.75) is 0 Å². The van der Waals surface area contributed by atoms with Crippen molar-refractivity contribution < 1.29 is 24.5 Å². The Morgan fingerprint density at radius 3 is 2.43 bits per heavy atom. The van der Waals surface area contributed by atoms with Gasteiger partial charge in [0.1, 0.15) is 11.5 Å². The van der Waals surface area contributed by atoms with Crippen LogP contribution in [0.15, 0.2) is 48.5 Å². The Morgan fingerprint density at radius 1 is 1.13 bits per heavy atom. The molecular weight excluding hydrogens is 298 g/mol. The van der Waals surface area contributed by atoms with Gasteiger partial charge in [0.15, 0.2) is 0 Å². The zero-order chi connectivity index (χ0) is 16.8. The van der Waals surface area contributed by atoms with Crippen LogP contribution in [0.1, 0.15) is 15.9 Å². The second-order valence-electron chi connectivity index (χ2n) is 4.63. The average Bonchev–Trinajstić information content (AvgIpc) is 2.54. The molecule has 0 unspecified atom stereocenters. The van der Waals surface area contributed by atoms with Gasteiger partial charge in [-0.15, -0.1) is 0 Å². The lowest BCUT2D eigenvalue weighted by atomic mass is 10.1. The molecule has 6 heteroatoms. The summed E-state index contributed by atoms with van der Waals surface area (Å²) in [5.41, 5.74) is 0.844. The van der Waals surface area contributed by atoms with Gasteiger partial charge in [-0.3, -0.25) is 4.79 Å². The van der Waals surface area contributed by atoms with Crippen LogP contribution >= 0.6 is 0 Å². The van der Waals surface area contributed by atoms with E-state index in [9.17, 15) is 14.7 Å². The molecule has 23 heavy (non-hydrogen) atoms. The minimum atomic E-state index is -1.15. The molecule has 0 spiro atoms. The average molecular weight is 313 g/mol. The first kappa shape index (κ1) is 16.1. The van der Waals surface area contributed by atoms with Gasteiger partial charge in [0.25, 0.3) is 0 Å². The summed E-state index contributed by atoms with van der Waals surface area (Å²) in [6.45, 7) is 0.